The molecule has 1 aromatic heterocycles. The first-order chi connectivity index (χ1) is 11.8. The summed E-state index contributed by atoms with van der Waals surface area (Å²) in [6.45, 7) is 3.35. The molecule has 0 saturated carbocycles. The monoisotopic (exact) mass is 341 g/mol. The van der Waals surface area contributed by atoms with Crippen molar-refractivity contribution in [1.29, 1.82) is 5.26 Å². The van der Waals surface area contributed by atoms with Crippen LogP contribution in [0.4, 0.5) is 5.69 Å². The minimum atomic E-state index is -0.653. The van der Waals surface area contributed by atoms with E-state index in [1.54, 1.807) is 13.0 Å². The molecule has 1 aromatic carbocycles. The second-order valence-corrected chi connectivity index (χ2v) is 5.40. The predicted molar refractivity (Wildman–Crippen MR) is 88.6 cm³/mol. The van der Waals surface area contributed by atoms with Crippen LogP contribution in [0.5, 0.6) is 5.88 Å². The maximum atomic E-state index is 12.8. The Labute approximate surface area is 142 Å². The Balaban J connectivity index is 2.67. The quantitative estimate of drug-likeness (QED) is 0.505. The van der Waals surface area contributed by atoms with E-state index in [9.17, 15) is 30.1 Å². The van der Waals surface area contributed by atoms with Gasteiger partial charge in [-0.15, -0.1) is 0 Å². The number of carbonyl (C=O) groups is 1. The lowest BCUT2D eigenvalue weighted by atomic mass is 9.97. The Morgan fingerprint density at radius 1 is 1.36 bits per heavy atom. The van der Waals surface area contributed by atoms with Crippen LogP contribution < -0.4 is 5.56 Å². The van der Waals surface area contributed by atoms with Gasteiger partial charge in [-0.1, -0.05) is 6.92 Å². The minimum absolute atomic E-state index is 0.0840. The van der Waals surface area contributed by atoms with Gasteiger partial charge in [-0.2, -0.15) is 5.26 Å². The van der Waals surface area contributed by atoms with Gasteiger partial charge in [0.05, 0.1) is 10.5 Å². The van der Waals surface area contributed by atoms with E-state index in [4.69, 9.17) is 0 Å². The molecule has 128 valence electrons. The average molecular weight is 341 g/mol. The van der Waals surface area contributed by atoms with Crippen molar-refractivity contribution < 1.29 is 14.8 Å². The molecule has 8 nitrogen and oxygen atoms in total. The molecule has 2 rings (SSSR count). The highest BCUT2D eigenvalue weighted by Gasteiger charge is 2.24. The van der Waals surface area contributed by atoms with E-state index in [-0.39, 0.29) is 34.5 Å². The Kier molecular flexibility index (Phi) is 4.98. The number of hydrogen-bond donors (Lipinski definition) is 1. The van der Waals surface area contributed by atoms with Gasteiger partial charge in [0.2, 0.25) is 5.88 Å². The van der Waals surface area contributed by atoms with Gasteiger partial charge in [0.1, 0.15) is 11.6 Å². The van der Waals surface area contributed by atoms with Gasteiger partial charge in [0, 0.05) is 24.2 Å². The number of rotatable bonds is 5. The molecule has 0 bridgehead atoms. The average Bonchev–Trinajstić information content (AvgIpc) is 2.59. The molecular weight excluding hydrogens is 326 g/mol. The molecule has 0 atom stereocenters. The second kappa shape index (κ2) is 6.97. The maximum Gasteiger partial charge on any atom is 0.271 e. The summed E-state index contributed by atoms with van der Waals surface area (Å²) in [4.78, 5) is 35.1. The highest BCUT2D eigenvalue weighted by atomic mass is 16.6. The van der Waals surface area contributed by atoms with Crippen molar-refractivity contribution in [2.24, 2.45) is 0 Å². The summed E-state index contributed by atoms with van der Waals surface area (Å²) in [6, 6.07) is 6.65. The zero-order valence-electron chi connectivity index (χ0n) is 13.6. The Bertz CT molecular complexity index is 952. The highest BCUT2D eigenvalue weighted by Crippen LogP contribution is 2.25. The van der Waals surface area contributed by atoms with Gasteiger partial charge in [0.25, 0.3) is 11.2 Å². The van der Waals surface area contributed by atoms with Crippen LogP contribution in [0.15, 0.2) is 29.1 Å². The van der Waals surface area contributed by atoms with E-state index in [1.807, 2.05) is 0 Å². The summed E-state index contributed by atoms with van der Waals surface area (Å²) in [6.07, 6.45) is 0.520. The third-order valence-corrected chi connectivity index (χ3v) is 3.81. The van der Waals surface area contributed by atoms with Gasteiger partial charge >= 0.3 is 0 Å². The topological polar surface area (TPSA) is 126 Å². The van der Waals surface area contributed by atoms with Crippen molar-refractivity contribution in [2.45, 2.75) is 26.8 Å². The SMILES string of the molecule is CCCn1c(O)c(C(=O)c2ccc([N+](=O)[O-])cc2)c(C)c(C#N)c1=O. The van der Waals surface area contributed by atoms with Crippen molar-refractivity contribution in [3.8, 4) is 11.9 Å². The number of nitro benzene ring substituents is 1. The number of nitro groups is 1. The molecule has 1 heterocycles. The molecule has 8 heteroatoms. The first-order valence-corrected chi connectivity index (χ1v) is 7.49. The van der Waals surface area contributed by atoms with E-state index in [1.165, 1.54) is 31.2 Å². The molecule has 0 aliphatic rings. The fraction of sp³-hybridized carbons (Fsp3) is 0.235. The number of ketones is 1. The molecule has 0 spiro atoms. The van der Waals surface area contributed by atoms with Gasteiger partial charge in [0.15, 0.2) is 5.78 Å². The Hall–Kier alpha value is -3.47. The first-order valence-electron chi connectivity index (χ1n) is 7.49. The zero-order valence-corrected chi connectivity index (χ0v) is 13.6. The molecule has 1 N–H and O–H groups in total. The number of benzene rings is 1. The molecule has 25 heavy (non-hydrogen) atoms. The maximum absolute atomic E-state index is 12.8. The Morgan fingerprint density at radius 3 is 2.44 bits per heavy atom. The first kappa shape index (κ1) is 17.9. The number of carbonyl (C=O) groups excluding carboxylic acids is 1. The van der Waals surface area contributed by atoms with E-state index in [0.29, 0.717) is 6.42 Å². The lowest BCUT2D eigenvalue weighted by Gasteiger charge is -2.15. The van der Waals surface area contributed by atoms with Crippen molar-refractivity contribution in [1.82, 2.24) is 4.57 Å². The molecule has 0 saturated heterocycles. The zero-order chi connectivity index (χ0) is 18.7. The largest absolute Gasteiger partial charge is 0.494 e. The summed E-state index contributed by atoms with van der Waals surface area (Å²) < 4.78 is 0.990. The van der Waals surface area contributed by atoms with Crippen LogP contribution in [0.1, 0.15) is 40.4 Å². The van der Waals surface area contributed by atoms with Crippen molar-refractivity contribution in [2.75, 3.05) is 0 Å². The fourth-order valence-corrected chi connectivity index (χ4v) is 2.53. The Morgan fingerprint density at radius 2 is 1.96 bits per heavy atom. The molecule has 0 aliphatic carbocycles. The molecule has 0 fully saturated rings. The van der Waals surface area contributed by atoms with Crippen LogP contribution in [0.2, 0.25) is 0 Å². The standard InChI is InChI=1S/C17H15N3O5/c1-3-8-19-16(22)13(9-18)10(2)14(17(19)23)15(21)11-4-6-12(7-5-11)20(24)25/h4-7,23H,3,8H2,1-2H3. The normalized spacial score (nSPS) is 10.3. The van der Waals surface area contributed by atoms with Crippen LogP contribution in [-0.2, 0) is 6.54 Å². The molecule has 0 aliphatic heterocycles. The second-order valence-electron chi connectivity index (χ2n) is 5.40. The summed E-state index contributed by atoms with van der Waals surface area (Å²) in [5, 5.41) is 30.3. The van der Waals surface area contributed by atoms with Crippen LogP contribution in [0.3, 0.4) is 0 Å². The smallest absolute Gasteiger partial charge is 0.271 e. The molecule has 2 aromatic rings. The number of nitrogens with zero attached hydrogens (tertiary/aromatic N) is 3. The van der Waals surface area contributed by atoms with Crippen molar-refractivity contribution in [3.05, 3.63) is 67.0 Å². The fourth-order valence-electron chi connectivity index (χ4n) is 2.53. The van der Waals surface area contributed by atoms with Crippen molar-refractivity contribution >= 4 is 11.5 Å². The molecular formula is C17H15N3O5. The third kappa shape index (κ3) is 3.12. The lowest BCUT2D eigenvalue weighted by molar-refractivity contribution is -0.384. The molecule has 0 amide bonds. The van der Waals surface area contributed by atoms with Crippen LogP contribution in [-0.4, -0.2) is 20.4 Å². The van der Waals surface area contributed by atoms with Crippen LogP contribution >= 0.6 is 0 Å². The highest BCUT2D eigenvalue weighted by molar-refractivity contribution is 6.11. The van der Waals surface area contributed by atoms with E-state index in [0.717, 1.165) is 4.57 Å². The van der Waals surface area contributed by atoms with Gasteiger partial charge < -0.3 is 5.11 Å². The van der Waals surface area contributed by atoms with Gasteiger partial charge in [-0.05, 0) is 31.0 Å². The van der Waals surface area contributed by atoms with E-state index in [2.05, 4.69) is 0 Å². The minimum Gasteiger partial charge on any atom is -0.494 e. The van der Waals surface area contributed by atoms with Crippen molar-refractivity contribution in [3.63, 3.8) is 0 Å². The molecule has 0 unspecified atom stereocenters. The molecule has 0 radical (unpaired) electrons. The third-order valence-electron chi connectivity index (χ3n) is 3.81. The van der Waals surface area contributed by atoms with Crippen LogP contribution in [0, 0.1) is 28.4 Å². The number of non-ortho nitro benzene ring substituents is 1. The number of pyridine rings is 1. The lowest BCUT2D eigenvalue weighted by Crippen LogP contribution is -2.26. The predicted octanol–water partition coefficient (Wildman–Crippen LogP) is 2.28. The number of aromatic nitrogens is 1. The van der Waals surface area contributed by atoms with E-state index < -0.39 is 22.1 Å². The van der Waals surface area contributed by atoms with Crippen LogP contribution in [0.25, 0.3) is 0 Å². The summed E-state index contributed by atoms with van der Waals surface area (Å²) >= 11 is 0. The summed E-state index contributed by atoms with van der Waals surface area (Å²) in [5.74, 6) is -1.13. The summed E-state index contributed by atoms with van der Waals surface area (Å²) in [5.41, 5.74) is -1.00. The number of hydrogen-bond acceptors (Lipinski definition) is 6. The van der Waals surface area contributed by atoms with Gasteiger partial charge in [-0.3, -0.25) is 24.3 Å². The number of nitriles is 1. The summed E-state index contributed by atoms with van der Waals surface area (Å²) in [7, 11) is 0. The van der Waals surface area contributed by atoms with Gasteiger partial charge in [-0.25, -0.2) is 0 Å². The number of aromatic hydroxyl groups is 1. The van der Waals surface area contributed by atoms with E-state index >= 15 is 0 Å².